The van der Waals surface area contributed by atoms with E-state index in [1.54, 1.807) is 6.92 Å². The first-order chi connectivity index (χ1) is 5.47. The van der Waals surface area contributed by atoms with Crippen molar-refractivity contribution in [2.75, 3.05) is 13.1 Å². The van der Waals surface area contributed by atoms with Crippen LogP contribution in [0.25, 0.3) is 0 Å². The van der Waals surface area contributed by atoms with E-state index in [0.29, 0.717) is 11.7 Å². The van der Waals surface area contributed by atoms with Gasteiger partial charge >= 0.3 is 0 Å². The number of ketones is 1. The molecule has 0 unspecified atom stereocenters. The van der Waals surface area contributed by atoms with E-state index in [-0.39, 0.29) is 5.54 Å². The van der Waals surface area contributed by atoms with Gasteiger partial charge in [0, 0.05) is 24.5 Å². The molecule has 0 amide bonds. The van der Waals surface area contributed by atoms with Crippen molar-refractivity contribution in [1.29, 1.82) is 0 Å². The summed E-state index contributed by atoms with van der Waals surface area (Å²) in [5.74, 6) is 0.661. The van der Waals surface area contributed by atoms with Gasteiger partial charge in [-0.25, -0.2) is 0 Å². The molecular weight excluding hydrogens is 150 g/mol. The predicted octanol–water partition coefficient (Wildman–Crippen LogP) is 1.70. The Balaban J connectivity index is 2.39. The second-order valence-electron chi connectivity index (χ2n) is 4.38. The van der Waals surface area contributed by atoms with Crippen LogP contribution in [0.1, 0.15) is 34.1 Å². The Morgan fingerprint density at radius 2 is 2.00 bits per heavy atom. The minimum Gasteiger partial charge on any atom is -0.300 e. The molecule has 1 saturated heterocycles. The zero-order valence-electron chi connectivity index (χ0n) is 8.55. The molecule has 1 aliphatic heterocycles. The second kappa shape index (κ2) is 3.17. The van der Waals surface area contributed by atoms with Gasteiger partial charge in [0.15, 0.2) is 0 Å². The lowest BCUT2D eigenvalue weighted by Gasteiger charge is -2.48. The number of carbonyl (C=O) groups excluding carboxylic acids is 1. The third-order valence-corrected chi connectivity index (χ3v) is 3.18. The Morgan fingerprint density at radius 3 is 2.33 bits per heavy atom. The third kappa shape index (κ3) is 1.69. The van der Waals surface area contributed by atoms with E-state index in [9.17, 15) is 4.79 Å². The molecule has 2 heteroatoms. The number of nitrogens with zero attached hydrogens (tertiary/aromatic N) is 1. The summed E-state index contributed by atoms with van der Waals surface area (Å²) in [6.45, 7) is 10.3. The zero-order valence-corrected chi connectivity index (χ0v) is 8.55. The smallest absolute Gasteiger partial charge is 0.135 e. The van der Waals surface area contributed by atoms with Crippen molar-refractivity contribution < 1.29 is 4.79 Å². The van der Waals surface area contributed by atoms with Crippen molar-refractivity contribution >= 4 is 5.78 Å². The fraction of sp³-hybridized carbons (Fsp3) is 0.900. The van der Waals surface area contributed by atoms with E-state index in [2.05, 4.69) is 25.7 Å². The summed E-state index contributed by atoms with van der Waals surface area (Å²) >= 11 is 0. The minimum absolute atomic E-state index is 0.284. The topological polar surface area (TPSA) is 20.3 Å². The molecule has 0 aromatic heterocycles. The van der Waals surface area contributed by atoms with Crippen LogP contribution in [0, 0.1) is 5.92 Å². The van der Waals surface area contributed by atoms with Crippen molar-refractivity contribution in [3.05, 3.63) is 0 Å². The molecular formula is C10H19NO. The molecule has 1 heterocycles. The summed E-state index contributed by atoms with van der Waals surface area (Å²) in [7, 11) is 0. The summed E-state index contributed by atoms with van der Waals surface area (Å²) in [4.78, 5) is 13.3. The summed E-state index contributed by atoms with van der Waals surface area (Å²) in [5.41, 5.74) is 0.284. The molecule has 0 spiro atoms. The molecule has 12 heavy (non-hydrogen) atoms. The summed E-state index contributed by atoms with van der Waals surface area (Å²) in [6.07, 6.45) is 1.15. The first-order valence-electron chi connectivity index (χ1n) is 4.73. The van der Waals surface area contributed by atoms with Crippen LogP contribution in [0.5, 0.6) is 0 Å². The maximum atomic E-state index is 11.0. The molecule has 70 valence electrons. The number of rotatable bonds is 3. The lowest BCUT2D eigenvalue weighted by atomic mass is 9.88. The van der Waals surface area contributed by atoms with Crippen LogP contribution in [-0.2, 0) is 4.79 Å². The van der Waals surface area contributed by atoms with Crippen molar-refractivity contribution in [3.63, 3.8) is 0 Å². The molecule has 0 atom stereocenters. The third-order valence-electron chi connectivity index (χ3n) is 3.18. The van der Waals surface area contributed by atoms with Gasteiger partial charge in [-0.15, -0.1) is 0 Å². The van der Waals surface area contributed by atoms with Crippen LogP contribution in [0.2, 0.25) is 0 Å². The highest BCUT2D eigenvalue weighted by molar-refractivity contribution is 5.79. The molecule has 0 N–H and O–H groups in total. The van der Waals surface area contributed by atoms with Crippen LogP contribution >= 0.6 is 0 Å². The lowest BCUT2D eigenvalue weighted by Crippen LogP contribution is -2.58. The monoisotopic (exact) mass is 169 g/mol. The summed E-state index contributed by atoms with van der Waals surface area (Å²) in [6, 6.07) is 0. The number of Topliss-reactive ketones (excluding diaryl/α,β-unsaturated/α-hetero) is 1. The van der Waals surface area contributed by atoms with Crippen molar-refractivity contribution in [2.45, 2.75) is 39.7 Å². The van der Waals surface area contributed by atoms with Crippen molar-refractivity contribution in [3.8, 4) is 0 Å². The Morgan fingerprint density at radius 1 is 1.50 bits per heavy atom. The molecule has 2 nitrogen and oxygen atoms in total. The van der Waals surface area contributed by atoms with Gasteiger partial charge in [-0.05, 0) is 27.2 Å². The van der Waals surface area contributed by atoms with Gasteiger partial charge in [0.2, 0.25) is 0 Å². The Hall–Kier alpha value is -0.370. The van der Waals surface area contributed by atoms with Crippen LogP contribution in [0.15, 0.2) is 0 Å². The summed E-state index contributed by atoms with van der Waals surface area (Å²) < 4.78 is 0. The van der Waals surface area contributed by atoms with E-state index in [4.69, 9.17) is 0 Å². The molecule has 0 aromatic rings. The number of carbonyl (C=O) groups is 1. The number of hydrogen-bond donors (Lipinski definition) is 0. The van der Waals surface area contributed by atoms with Crippen LogP contribution in [0.4, 0.5) is 0 Å². The maximum absolute atomic E-state index is 11.0. The fourth-order valence-corrected chi connectivity index (χ4v) is 1.45. The largest absolute Gasteiger partial charge is 0.300 e. The summed E-state index contributed by atoms with van der Waals surface area (Å²) in [5, 5.41) is 0. The van der Waals surface area contributed by atoms with Crippen molar-refractivity contribution in [2.24, 2.45) is 5.92 Å². The van der Waals surface area contributed by atoms with E-state index in [1.165, 1.54) is 0 Å². The minimum atomic E-state index is 0.284. The normalized spacial score (nSPS) is 20.7. The number of likely N-dealkylation sites (tertiary alicyclic amines) is 1. The van der Waals surface area contributed by atoms with Crippen LogP contribution < -0.4 is 0 Å². The predicted molar refractivity (Wildman–Crippen MR) is 50.1 cm³/mol. The highest BCUT2D eigenvalue weighted by Gasteiger charge is 2.37. The highest BCUT2D eigenvalue weighted by atomic mass is 16.1. The Bertz CT molecular complexity index is 180. The average molecular weight is 169 g/mol. The average Bonchev–Trinajstić information content (AvgIpc) is 1.82. The quantitative estimate of drug-likeness (QED) is 0.641. The first kappa shape index (κ1) is 9.72. The second-order valence-corrected chi connectivity index (χ2v) is 4.38. The SMILES string of the molecule is CCC(C)(C)N1CC(C(C)=O)C1. The molecule has 0 aliphatic carbocycles. The molecule has 1 fully saturated rings. The Labute approximate surface area is 74.9 Å². The van der Waals surface area contributed by atoms with Gasteiger partial charge in [0.1, 0.15) is 5.78 Å². The van der Waals surface area contributed by atoms with Crippen molar-refractivity contribution in [1.82, 2.24) is 4.90 Å². The van der Waals surface area contributed by atoms with Crippen LogP contribution in [0.3, 0.4) is 0 Å². The molecule has 0 radical (unpaired) electrons. The van der Waals surface area contributed by atoms with Gasteiger partial charge < -0.3 is 0 Å². The fourth-order valence-electron chi connectivity index (χ4n) is 1.45. The lowest BCUT2D eigenvalue weighted by molar-refractivity contribution is -0.128. The number of hydrogen-bond acceptors (Lipinski definition) is 2. The first-order valence-corrected chi connectivity index (χ1v) is 4.73. The molecule has 0 bridgehead atoms. The van der Waals surface area contributed by atoms with Gasteiger partial charge in [0.05, 0.1) is 0 Å². The van der Waals surface area contributed by atoms with Gasteiger partial charge in [-0.1, -0.05) is 6.92 Å². The zero-order chi connectivity index (χ0) is 9.35. The molecule has 0 aromatic carbocycles. The van der Waals surface area contributed by atoms with Gasteiger partial charge in [0.25, 0.3) is 0 Å². The molecule has 1 rings (SSSR count). The highest BCUT2D eigenvalue weighted by Crippen LogP contribution is 2.28. The van der Waals surface area contributed by atoms with Crippen LogP contribution in [-0.4, -0.2) is 29.3 Å². The standard InChI is InChI=1S/C10H19NO/c1-5-10(3,4)11-6-9(7-11)8(2)12/h9H,5-7H2,1-4H3. The molecule has 0 saturated carbocycles. The van der Waals surface area contributed by atoms with E-state index < -0.39 is 0 Å². The van der Waals surface area contributed by atoms with Gasteiger partial charge in [-0.3, -0.25) is 9.69 Å². The Kier molecular flexibility index (Phi) is 2.57. The van der Waals surface area contributed by atoms with E-state index in [1.807, 2.05) is 0 Å². The maximum Gasteiger partial charge on any atom is 0.135 e. The van der Waals surface area contributed by atoms with E-state index in [0.717, 1.165) is 19.5 Å². The van der Waals surface area contributed by atoms with E-state index >= 15 is 0 Å². The molecule has 1 aliphatic rings. The van der Waals surface area contributed by atoms with Gasteiger partial charge in [-0.2, -0.15) is 0 Å².